The van der Waals surface area contributed by atoms with Crippen LogP contribution in [0.3, 0.4) is 0 Å². The molecule has 1 heterocycles. The number of aromatic nitrogens is 1. The third-order valence-electron chi connectivity index (χ3n) is 3.59. The molecular weight excluding hydrogens is 332 g/mol. The molecule has 0 atom stereocenters. The summed E-state index contributed by atoms with van der Waals surface area (Å²) < 4.78 is 5.23. The third kappa shape index (κ3) is 4.61. The van der Waals surface area contributed by atoms with Crippen molar-refractivity contribution in [3.05, 3.63) is 84.2 Å². The Morgan fingerprint density at radius 2 is 1.88 bits per heavy atom. The Balaban J connectivity index is 1.61. The van der Waals surface area contributed by atoms with Gasteiger partial charge in [-0.15, -0.1) is 11.8 Å². The Labute approximate surface area is 151 Å². The van der Waals surface area contributed by atoms with Crippen molar-refractivity contribution in [2.45, 2.75) is 10.6 Å². The molecule has 0 radical (unpaired) electrons. The second-order valence-corrected chi connectivity index (χ2v) is 6.38. The molecule has 3 aromatic rings. The second-order valence-electron chi connectivity index (χ2n) is 5.33. The van der Waals surface area contributed by atoms with E-state index in [2.05, 4.69) is 16.4 Å². The van der Waals surface area contributed by atoms with Gasteiger partial charge >= 0.3 is 0 Å². The molecule has 1 N–H and O–H groups in total. The average molecular weight is 350 g/mol. The molecule has 126 valence electrons. The van der Waals surface area contributed by atoms with E-state index in [0.717, 1.165) is 16.3 Å². The van der Waals surface area contributed by atoms with Crippen molar-refractivity contribution in [1.29, 1.82) is 0 Å². The van der Waals surface area contributed by atoms with E-state index in [1.165, 1.54) is 5.56 Å². The SMILES string of the molecule is COc1ccccc1C(=O)Nc1ccc(SCc2cccnc2)cc1. The lowest BCUT2D eigenvalue weighted by atomic mass is 10.2. The summed E-state index contributed by atoms with van der Waals surface area (Å²) >= 11 is 1.73. The zero-order valence-corrected chi connectivity index (χ0v) is 14.6. The minimum atomic E-state index is -0.187. The molecule has 0 bridgehead atoms. The Morgan fingerprint density at radius 1 is 1.08 bits per heavy atom. The molecule has 1 aromatic heterocycles. The fraction of sp³-hybridized carbons (Fsp3) is 0.100. The van der Waals surface area contributed by atoms with Gasteiger partial charge in [0.05, 0.1) is 12.7 Å². The summed E-state index contributed by atoms with van der Waals surface area (Å²) in [6, 6.07) is 19.0. The van der Waals surface area contributed by atoms with Gasteiger partial charge in [0.2, 0.25) is 0 Å². The van der Waals surface area contributed by atoms with Gasteiger partial charge in [0.1, 0.15) is 5.75 Å². The number of pyridine rings is 1. The van der Waals surface area contributed by atoms with Gasteiger partial charge in [-0.1, -0.05) is 18.2 Å². The van der Waals surface area contributed by atoms with Crippen LogP contribution in [-0.4, -0.2) is 18.0 Å². The smallest absolute Gasteiger partial charge is 0.259 e. The van der Waals surface area contributed by atoms with Gasteiger partial charge in [0, 0.05) is 28.7 Å². The fourth-order valence-electron chi connectivity index (χ4n) is 2.32. The van der Waals surface area contributed by atoms with Crippen LogP contribution in [0.25, 0.3) is 0 Å². The molecule has 0 aliphatic heterocycles. The van der Waals surface area contributed by atoms with Crippen LogP contribution in [0.4, 0.5) is 5.69 Å². The maximum Gasteiger partial charge on any atom is 0.259 e. The number of benzene rings is 2. The molecule has 0 spiro atoms. The van der Waals surface area contributed by atoms with E-state index in [4.69, 9.17) is 4.74 Å². The molecule has 0 aliphatic rings. The number of nitrogens with zero attached hydrogens (tertiary/aromatic N) is 1. The van der Waals surface area contributed by atoms with Crippen LogP contribution < -0.4 is 10.1 Å². The summed E-state index contributed by atoms with van der Waals surface area (Å²) in [6.45, 7) is 0. The van der Waals surface area contributed by atoms with E-state index >= 15 is 0 Å². The monoisotopic (exact) mass is 350 g/mol. The molecule has 1 amide bonds. The predicted molar refractivity (Wildman–Crippen MR) is 101 cm³/mol. The minimum absolute atomic E-state index is 0.187. The average Bonchev–Trinajstić information content (AvgIpc) is 2.68. The van der Waals surface area contributed by atoms with Crippen molar-refractivity contribution >= 4 is 23.4 Å². The Kier molecular flexibility index (Phi) is 5.69. The number of carbonyl (C=O) groups excluding carboxylic acids is 1. The van der Waals surface area contributed by atoms with Crippen molar-refractivity contribution in [2.75, 3.05) is 12.4 Å². The van der Waals surface area contributed by atoms with Crippen molar-refractivity contribution < 1.29 is 9.53 Å². The Hall–Kier alpha value is -2.79. The Bertz CT molecular complexity index is 836. The normalized spacial score (nSPS) is 10.3. The van der Waals surface area contributed by atoms with E-state index in [0.29, 0.717) is 11.3 Å². The molecular formula is C20H18N2O2S. The van der Waals surface area contributed by atoms with Crippen molar-refractivity contribution in [3.63, 3.8) is 0 Å². The van der Waals surface area contributed by atoms with Gasteiger partial charge in [-0.25, -0.2) is 0 Å². The van der Waals surface area contributed by atoms with E-state index in [-0.39, 0.29) is 5.91 Å². The highest BCUT2D eigenvalue weighted by atomic mass is 32.2. The predicted octanol–water partition coefficient (Wildman–Crippen LogP) is 4.63. The molecule has 5 heteroatoms. The quantitative estimate of drug-likeness (QED) is 0.658. The lowest BCUT2D eigenvalue weighted by molar-refractivity contribution is 0.102. The molecule has 3 rings (SSSR count). The number of amides is 1. The molecule has 25 heavy (non-hydrogen) atoms. The highest BCUT2D eigenvalue weighted by Crippen LogP contribution is 2.25. The maximum atomic E-state index is 12.4. The van der Waals surface area contributed by atoms with E-state index < -0.39 is 0 Å². The number of hydrogen-bond acceptors (Lipinski definition) is 4. The highest BCUT2D eigenvalue weighted by molar-refractivity contribution is 7.98. The molecule has 0 saturated carbocycles. The Morgan fingerprint density at radius 3 is 2.60 bits per heavy atom. The number of anilines is 1. The first-order valence-corrected chi connectivity index (χ1v) is 8.81. The number of ether oxygens (including phenoxy) is 1. The van der Waals surface area contributed by atoms with E-state index in [1.54, 1.807) is 37.2 Å². The van der Waals surface area contributed by atoms with Gasteiger partial charge in [0.15, 0.2) is 0 Å². The van der Waals surface area contributed by atoms with Crippen LogP contribution in [0.1, 0.15) is 15.9 Å². The number of rotatable bonds is 6. The summed E-state index contributed by atoms with van der Waals surface area (Å²) in [7, 11) is 1.56. The largest absolute Gasteiger partial charge is 0.496 e. The fourth-order valence-corrected chi connectivity index (χ4v) is 3.15. The number of thioether (sulfide) groups is 1. The lowest BCUT2D eigenvalue weighted by Gasteiger charge is -2.09. The molecule has 0 unspecified atom stereocenters. The van der Waals surface area contributed by atoms with Gasteiger partial charge in [-0.2, -0.15) is 0 Å². The van der Waals surface area contributed by atoms with Crippen LogP contribution in [0.15, 0.2) is 78.0 Å². The number of nitrogens with one attached hydrogen (secondary N) is 1. The zero-order valence-electron chi connectivity index (χ0n) is 13.8. The molecule has 0 fully saturated rings. The number of hydrogen-bond donors (Lipinski definition) is 1. The van der Waals surface area contributed by atoms with Gasteiger partial charge in [0.25, 0.3) is 5.91 Å². The maximum absolute atomic E-state index is 12.4. The van der Waals surface area contributed by atoms with Gasteiger partial charge in [-0.05, 0) is 48.0 Å². The minimum Gasteiger partial charge on any atom is -0.496 e. The summed E-state index contributed by atoms with van der Waals surface area (Å²) in [6.07, 6.45) is 3.64. The topological polar surface area (TPSA) is 51.2 Å². The van der Waals surface area contributed by atoms with Crippen molar-refractivity contribution in [3.8, 4) is 5.75 Å². The third-order valence-corrected chi connectivity index (χ3v) is 4.68. The first-order chi connectivity index (χ1) is 12.3. The van der Waals surface area contributed by atoms with Gasteiger partial charge < -0.3 is 10.1 Å². The molecule has 2 aromatic carbocycles. The second kappa shape index (κ2) is 8.35. The summed E-state index contributed by atoms with van der Waals surface area (Å²) in [5.74, 6) is 1.23. The van der Waals surface area contributed by atoms with Crippen LogP contribution in [-0.2, 0) is 5.75 Å². The van der Waals surface area contributed by atoms with Crippen molar-refractivity contribution in [1.82, 2.24) is 4.98 Å². The zero-order chi connectivity index (χ0) is 17.5. The molecule has 0 aliphatic carbocycles. The first kappa shape index (κ1) is 17.0. The van der Waals surface area contributed by atoms with Crippen LogP contribution in [0, 0.1) is 0 Å². The highest BCUT2D eigenvalue weighted by Gasteiger charge is 2.11. The summed E-state index contributed by atoms with van der Waals surface area (Å²) in [5.41, 5.74) is 2.45. The number of methoxy groups -OCH3 is 1. The summed E-state index contributed by atoms with van der Waals surface area (Å²) in [4.78, 5) is 17.6. The van der Waals surface area contributed by atoms with Crippen LogP contribution >= 0.6 is 11.8 Å². The van der Waals surface area contributed by atoms with Crippen molar-refractivity contribution in [2.24, 2.45) is 0 Å². The van der Waals surface area contributed by atoms with Crippen LogP contribution in [0.5, 0.6) is 5.75 Å². The summed E-state index contributed by atoms with van der Waals surface area (Å²) in [5, 5.41) is 2.90. The molecule has 0 saturated heterocycles. The van der Waals surface area contributed by atoms with Crippen LogP contribution in [0.2, 0.25) is 0 Å². The number of carbonyl (C=O) groups is 1. The van der Waals surface area contributed by atoms with E-state index in [1.807, 2.05) is 48.7 Å². The number of para-hydroxylation sites is 1. The molecule has 4 nitrogen and oxygen atoms in total. The lowest BCUT2D eigenvalue weighted by Crippen LogP contribution is -2.12. The van der Waals surface area contributed by atoms with E-state index in [9.17, 15) is 4.79 Å². The first-order valence-electron chi connectivity index (χ1n) is 7.82. The van der Waals surface area contributed by atoms with Gasteiger partial charge in [-0.3, -0.25) is 9.78 Å². The standard InChI is InChI=1S/C20H18N2O2S/c1-24-19-7-3-2-6-18(19)20(23)22-16-8-10-17(11-9-16)25-14-15-5-4-12-21-13-15/h2-13H,14H2,1H3,(H,22,23).